The van der Waals surface area contributed by atoms with Gasteiger partial charge in [0, 0.05) is 42.7 Å². The molecule has 196 valence electrons. The van der Waals surface area contributed by atoms with E-state index in [2.05, 4.69) is 145 Å². The summed E-state index contributed by atoms with van der Waals surface area (Å²) in [5.74, 6) is 0.234. The second kappa shape index (κ2) is 9.57. The van der Waals surface area contributed by atoms with Gasteiger partial charge in [0.25, 0.3) is 0 Å². The molecule has 0 saturated carbocycles. The normalized spacial score (nSPS) is 15.4. The first-order valence-electron chi connectivity index (χ1n) is 14.2. The van der Waals surface area contributed by atoms with Crippen LogP contribution in [0.4, 0.5) is 11.4 Å². The zero-order valence-corrected chi connectivity index (χ0v) is 23.3. The Bertz CT molecular complexity index is 1640. The average molecular weight is 519 g/mol. The van der Waals surface area contributed by atoms with E-state index in [1.165, 1.54) is 50.1 Å². The summed E-state index contributed by atoms with van der Waals surface area (Å²) in [5, 5.41) is 6.85. The molecule has 2 aliphatic rings. The number of fused-ring (bicyclic) bond motifs is 4. The van der Waals surface area contributed by atoms with Crippen LogP contribution >= 0.6 is 0 Å². The van der Waals surface area contributed by atoms with E-state index in [0.29, 0.717) is 0 Å². The van der Waals surface area contributed by atoms with Crippen molar-refractivity contribution in [1.29, 1.82) is 0 Å². The number of anilines is 2. The molecule has 2 heteroatoms. The van der Waals surface area contributed by atoms with Gasteiger partial charge in [-0.1, -0.05) is 103 Å². The standard InChI is InChI=1S/C38H34N2/c1-25-11-10-12-26-17-22-35(36(25)26)38(27-13-6-4-7-14-27,28-15-8-5-9-16-28)37-33-23-29(39-2)18-20-31(33)32-21-19-30(40-3)24-34(32)37/h4-24,35,37,39-40H,1-3H3. The molecule has 0 aliphatic heterocycles. The molecule has 0 fully saturated rings. The third-order valence-electron chi connectivity index (χ3n) is 9.18. The molecule has 1 unspecified atom stereocenters. The minimum atomic E-state index is -0.394. The number of benzene rings is 5. The van der Waals surface area contributed by atoms with Gasteiger partial charge in [0.1, 0.15) is 0 Å². The summed E-state index contributed by atoms with van der Waals surface area (Å²) in [4.78, 5) is 0. The van der Waals surface area contributed by atoms with Crippen molar-refractivity contribution in [2.45, 2.75) is 24.2 Å². The van der Waals surface area contributed by atoms with E-state index in [1.807, 2.05) is 14.1 Å². The zero-order valence-electron chi connectivity index (χ0n) is 23.3. The van der Waals surface area contributed by atoms with Crippen LogP contribution in [-0.2, 0) is 5.41 Å². The Morgan fingerprint density at radius 1 is 0.600 bits per heavy atom. The molecule has 5 aromatic rings. The van der Waals surface area contributed by atoms with Crippen molar-refractivity contribution >= 4 is 17.5 Å². The molecule has 0 heterocycles. The third kappa shape index (κ3) is 3.49. The van der Waals surface area contributed by atoms with E-state index < -0.39 is 5.41 Å². The molecule has 40 heavy (non-hydrogen) atoms. The number of hydrogen-bond donors (Lipinski definition) is 2. The van der Waals surface area contributed by atoms with Gasteiger partial charge in [-0.05, 0) is 81.3 Å². The first-order chi connectivity index (χ1) is 19.7. The van der Waals surface area contributed by atoms with E-state index in [4.69, 9.17) is 0 Å². The van der Waals surface area contributed by atoms with Gasteiger partial charge >= 0.3 is 0 Å². The Morgan fingerprint density at radius 3 is 1.68 bits per heavy atom. The molecule has 2 N–H and O–H groups in total. The van der Waals surface area contributed by atoms with Crippen LogP contribution in [0.1, 0.15) is 50.8 Å². The van der Waals surface area contributed by atoms with E-state index in [9.17, 15) is 0 Å². The SMILES string of the molecule is CNc1ccc2c(c1)C(C(c1ccccc1)(c1ccccc1)C1C=Cc3cccc(C)c31)c1cc(NC)ccc1-2. The molecular weight excluding hydrogens is 484 g/mol. The van der Waals surface area contributed by atoms with Crippen molar-refractivity contribution in [2.24, 2.45) is 0 Å². The Balaban J connectivity index is 1.65. The summed E-state index contributed by atoms with van der Waals surface area (Å²) in [6.07, 6.45) is 4.82. The highest BCUT2D eigenvalue weighted by molar-refractivity contribution is 5.85. The van der Waals surface area contributed by atoms with Gasteiger partial charge in [0.2, 0.25) is 0 Å². The number of hydrogen-bond acceptors (Lipinski definition) is 2. The molecule has 0 saturated heterocycles. The first-order valence-corrected chi connectivity index (χ1v) is 14.2. The highest BCUT2D eigenvalue weighted by Gasteiger charge is 2.53. The number of aryl methyl sites for hydroxylation is 1. The monoisotopic (exact) mass is 518 g/mol. The molecule has 0 amide bonds. The van der Waals surface area contributed by atoms with Gasteiger partial charge < -0.3 is 10.6 Å². The minimum Gasteiger partial charge on any atom is -0.388 e. The summed E-state index contributed by atoms with van der Waals surface area (Å²) in [5.41, 5.74) is 14.0. The molecule has 7 rings (SSSR count). The Labute approximate surface area is 237 Å². The van der Waals surface area contributed by atoms with Gasteiger partial charge in [-0.25, -0.2) is 0 Å². The van der Waals surface area contributed by atoms with Crippen LogP contribution < -0.4 is 10.6 Å². The lowest BCUT2D eigenvalue weighted by Crippen LogP contribution is -2.40. The fourth-order valence-corrected chi connectivity index (χ4v) is 7.48. The van der Waals surface area contributed by atoms with Gasteiger partial charge in [0.15, 0.2) is 0 Å². The molecule has 0 bridgehead atoms. The predicted molar refractivity (Wildman–Crippen MR) is 169 cm³/mol. The lowest BCUT2D eigenvalue weighted by molar-refractivity contribution is 0.416. The van der Waals surface area contributed by atoms with Crippen LogP contribution in [-0.4, -0.2) is 14.1 Å². The summed E-state index contributed by atoms with van der Waals surface area (Å²) < 4.78 is 0. The highest BCUT2D eigenvalue weighted by Crippen LogP contribution is 2.63. The maximum absolute atomic E-state index is 3.43. The van der Waals surface area contributed by atoms with E-state index >= 15 is 0 Å². The third-order valence-corrected chi connectivity index (χ3v) is 9.18. The second-order valence-corrected chi connectivity index (χ2v) is 11.1. The first kappa shape index (κ1) is 24.5. The van der Waals surface area contributed by atoms with Crippen LogP contribution in [0, 0.1) is 6.92 Å². The van der Waals surface area contributed by atoms with Crippen LogP contribution in [0.3, 0.4) is 0 Å². The van der Waals surface area contributed by atoms with Gasteiger partial charge in [-0.15, -0.1) is 0 Å². The molecular formula is C38H34N2. The molecule has 5 aromatic carbocycles. The molecule has 0 spiro atoms. The number of nitrogens with one attached hydrogen (secondary N) is 2. The van der Waals surface area contributed by atoms with Crippen molar-refractivity contribution in [3.8, 4) is 11.1 Å². The summed E-state index contributed by atoms with van der Waals surface area (Å²) in [7, 11) is 4.03. The van der Waals surface area contributed by atoms with E-state index in [-0.39, 0.29) is 11.8 Å². The lowest BCUT2D eigenvalue weighted by Gasteiger charge is -2.46. The van der Waals surface area contributed by atoms with Gasteiger partial charge in [0.05, 0.1) is 0 Å². The van der Waals surface area contributed by atoms with Gasteiger partial charge in [-0.2, -0.15) is 0 Å². The summed E-state index contributed by atoms with van der Waals surface area (Å²) in [6, 6.07) is 43.0. The maximum atomic E-state index is 3.43. The van der Waals surface area contributed by atoms with Gasteiger partial charge in [-0.3, -0.25) is 0 Å². The maximum Gasteiger partial charge on any atom is 0.0415 e. The van der Waals surface area contributed by atoms with Crippen molar-refractivity contribution in [2.75, 3.05) is 24.7 Å². The molecule has 2 aliphatic carbocycles. The minimum absolute atomic E-state index is 0.0871. The van der Waals surface area contributed by atoms with E-state index in [1.54, 1.807) is 0 Å². The Hall–Kier alpha value is -4.56. The van der Waals surface area contributed by atoms with Crippen LogP contribution in [0.5, 0.6) is 0 Å². The average Bonchev–Trinajstić information content (AvgIpc) is 3.59. The van der Waals surface area contributed by atoms with Crippen molar-refractivity contribution in [3.05, 3.63) is 160 Å². The Kier molecular flexibility index (Phi) is 5.86. The van der Waals surface area contributed by atoms with Crippen molar-refractivity contribution in [3.63, 3.8) is 0 Å². The van der Waals surface area contributed by atoms with Crippen LogP contribution in [0.15, 0.2) is 121 Å². The highest BCUT2D eigenvalue weighted by atomic mass is 14.8. The van der Waals surface area contributed by atoms with Crippen molar-refractivity contribution in [1.82, 2.24) is 0 Å². The Morgan fingerprint density at radius 2 is 1.15 bits per heavy atom. The van der Waals surface area contributed by atoms with Crippen LogP contribution in [0.25, 0.3) is 17.2 Å². The summed E-state index contributed by atoms with van der Waals surface area (Å²) >= 11 is 0. The van der Waals surface area contributed by atoms with Crippen LogP contribution in [0.2, 0.25) is 0 Å². The second-order valence-electron chi connectivity index (χ2n) is 11.1. The largest absolute Gasteiger partial charge is 0.388 e. The number of allylic oxidation sites excluding steroid dienone is 1. The molecule has 0 aromatic heterocycles. The van der Waals surface area contributed by atoms with Crippen molar-refractivity contribution < 1.29 is 0 Å². The topological polar surface area (TPSA) is 24.1 Å². The lowest BCUT2D eigenvalue weighted by atomic mass is 9.55. The molecule has 1 atom stereocenters. The smallest absolute Gasteiger partial charge is 0.0415 e. The molecule has 0 radical (unpaired) electrons. The number of rotatable bonds is 6. The fourth-order valence-electron chi connectivity index (χ4n) is 7.48. The summed E-state index contributed by atoms with van der Waals surface area (Å²) in [6.45, 7) is 2.27. The molecule has 2 nitrogen and oxygen atoms in total. The fraction of sp³-hybridized carbons (Fsp3) is 0.158. The quantitative estimate of drug-likeness (QED) is 0.234. The van der Waals surface area contributed by atoms with E-state index in [0.717, 1.165) is 11.4 Å². The zero-order chi connectivity index (χ0) is 27.3. The predicted octanol–water partition coefficient (Wildman–Crippen LogP) is 8.99.